The minimum atomic E-state index is -4.05. The van der Waals surface area contributed by atoms with Gasteiger partial charge in [-0.2, -0.15) is 8.42 Å². The molecule has 0 amide bonds. The molecule has 3 aromatic carbocycles. The van der Waals surface area contributed by atoms with Crippen LogP contribution in [0.4, 0.5) is 0 Å². The zero-order valence-electron chi connectivity index (χ0n) is 13.4. The summed E-state index contributed by atoms with van der Waals surface area (Å²) in [5.74, 6) is 0.204. The minimum Gasteiger partial charge on any atom is -0.382 e. The van der Waals surface area contributed by atoms with Crippen molar-refractivity contribution in [1.29, 1.82) is 0 Å². The monoisotopic (exact) mass is 372 g/mol. The Balaban J connectivity index is 2.00. The summed E-state index contributed by atoms with van der Waals surface area (Å²) < 4.78 is 44.0. The number of hydrogen-bond acceptors (Lipinski definition) is 4. The number of rotatable bonds is 6. The maximum atomic E-state index is 13.8. The summed E-state index contributed by atoms with van der Waals surface area (Å²) in [6, 6.07) is 25.5. The van der Waals surface area contributed by atoms with Crippen LogP contribution in [0.25, 0.3) is 0 Å². The molecular formula is C19H17O4PS. The lowest BCUT2D eigenvalue weighted by molar-refractivity contribution is 0.490. The van der Waals surface area contributed by atoms with Gasteiger partial charge in [0.2, 0.25) is 0 Å². The quantitative estimate of drug-likeness (QED) is 0.492. The highest BCUT2D eigenvalue weighted by molar-refractivity contribution is 7.99. The second-order valence-corrected chi connectivity index (χ2v) is 10.3. The molecule has 0 fully saturated rings. The molecule has 0 saturated carbocycles. The predicted molar refractivity (Wildman–Crippen MR) is 101 cm³/mol. The molecule has 0 spiro atoms. The van der Waals surface area contributed by atoms with Crippen LogP contribution in [0.2, 0.25) is 0 Å². The Kier molecular flexibility index (Phi) is 5.07. The minimum absolute atomic E-state index is 0.204. The molecule has 0 aliphatic heterocycles. The fraction of sp³-hybridized carbons (Fsp3) is 0.0526. The molecule has 3 aromatic rings. The molecular weight excluding hydrogens is 355 g/mol. The van der Waals surface area contributed by atoms with Crippen LogP contribution < -0.4 is 14.8 Å². The van der Waals surface area contributed by atoms with Crippen LogP contribution in [0.5, 0.6) is 5.75 Å². The van der Waals surface area contributed by atoms with E-state index in [1.54, 1.807) is 91.0 Å². The molecule has 25 heavy (non-hydrogen) atoms. The van der Waals surface area contributed by atoms with Gasteiger partial charge in [0, 0.05) is 10.6 Å². The van der Waals surface area contributed by atoms with E-state index in [-0.39, 0.29) is 5.75 Å². The second kappa shape index (κ2) is 7.26. The van der Waals surface area contributed by atoms with E-state index in [4.69, 9.17) is 4.18 Å². The SMILES string of the molecule is O=P(CS(=O)(=O)Oc1ccccc1)(c1ccccc1)c1ccccc1. The Bertz CT molecular complexity index is 928. The van der Waals surface area contributed by atoms with Crippen molar-refractivity contribution < 1.29 is 17.2 Å². The molecule has 6 heteroatoms. The van der Waals surface area contributed by atoms with Crippen molar-refractivity contribution in [3.63, 3.8) is 0 Å². The standard InChI is InChI=1S/C19H17O4PS/c20-24(18-12-6-2-7-13-18,19-14-8-3-9-15-19)16-25(21,22)23-17-10-4-1-5-11-17/h1-15H,16H2. The molecule has 0 aromatic heterocycles. The third-order valence-electron chi connectivity index (χ3n) is 3.65. The molecule has 0 unspecified atom stereocenters. The largest absolute Gasteiger partial charge is 0.382 e. The lowest BCUT2D eigenvalue weighted by Gasteiger charge is -2.19. The summed E-state index contributed by atoms with van der Waals surface area (Å²) in [6.07, 6.45) is 0. The van der Waals surface area contributed by atoms with Gasteiger partial charge in [0.1, 0.15) is 11.2 Å². The molecule has 0 radical (unpaired) electrons. The Hall–Kier alpha value is -2.36. The first kappa shape index (κ1) is 17.5. The van der Waals surface area contributed by atoms with Gasteiger partial charge in [-0.15, -0.1) is 0 Å². The van der Waals surface area contributed by atoms with Crippen molar-refractivity contribution in [2.75, 3.05) is 5.49 Å². The Morgan fingerprint density at radius 3 is 1.52 bits per heavy atom. The zero-order chi connectivity index (χ0) is 17.8. The highest BCUT2D eigenvalue weighted by atomic mass is 32.2. The van der Waals surface area contributed by atoms with Crippen LogP contribution in [-0.2, 0) is 14.7 Å². The van der Waals surface area contributed by atoms with Crippen LogP contribution in [-0.4, -0.2) is 13.9 Å². The van der Waals surface area contributed by atoms with Crippen molar-refractivity contribution in [2.24, 2.45) is 0 Å². The number of para-hydroxylation sites is 1. The molecule has 0 bridgehead atoms. The summed E-state index contributed by atoms with van der Waals surface area (Å²) in [7, 11) is -7.45. The van der Waals surface area contributed by atoms with Crippen molar-refractivity contribution in [3.05, 3.63) is 91.0 Å². The fourth-order valence-electron chi connectivity index (χ4n) is 2.51. The van der Waals surface area contributed by atoms with Gasteiger partial charge in [-0.1, -0.05) is 78.9 Å². The van der Waals surface area contributed by atoms with Crippen molar-refractivity contribution in [1.82, 2.24) is 0 Å². The third kappa shape index (κ3) is 4.19. The second-order valence-electron chi connectivity index (χ2n) is 5.49. The molecule has 3 rings (SSSR count). The van der Waals surface area contributed by atoms with Crippen LogP contribution in [0.3, 0.4) is 0 Å². The maximum Gasteiger partial charge on any atom is 0.316 e. The van der Waals surface area contributed by atoms with E-state index in [1.807, 2.05) is 0 Å². The zero-order valence-corrected chi connectivity index (χ0v) is 15.1. The Morgan fingerprint density at radius 2 is 1.08 bits per heavy atom. The Labute approximate surface area is 147 Å². The van der Waals surface area contributed by atoms with Gasteiger partial charge in [0.25, 0.3) is 0 Å². The number of benzene rings is 3. The van der Waals surface area contributed by atoms with Gasteiger partial charge in [0.05, 0.1) is 0 Å². The topological polar surface area (TPSA) is 60.4 Å². The van der Waals surface area contributed by atoms with E-state index in [2.05, 4.69) is 0 Å². The van der Waals surface area contributed by atoms with Gasteiger partial charge < -0.3 is 8.75 Å². The van der Waals surface area contributed by atoms with Gasteiger partial charge in [0.15, 0.2) is 7.14 Å². The smallest absolute Gasteiger partial charge is 0.316 e. The van der Waals surface area contributed by atoms with Gasteiger partial charge in [-0.25, -0.2) is 0 Å². The van der Waals surface area contributed by atoms with Crippen LogP contribution in [0.15, 0.2) is 91.0 Å². The van der Waals surface area contributed by atoms with Gasteiger partial charge in [-0.05, 0) is 12.1 Å². The van der Waals surface area contributed by atoms with Crippen molar-refractivity contribution in [2.45, 2.75) is 0 Å². The van der Waals surface area contributed by atoms with E-state index >= 15 is 0 Å². The normalized spacial score (nSPS) is 11.8. The molecule has 0 aliphatic carbocycles. The molecule has 128 valence electrons. The lowest BCUT2D eigenvalue weighted by Crippen LogP contribution is -2.25. The molecule has 0 heterocycles. The average molecular weight is 372 g/mol. The van der Waals surface area contributed by atoms with E-state index < -0.39 is 22.8 Å². The molecule has 0 atom stereocenters. The molecule has 0 N–H and O–H groups in total. The third-order valence-corrected chi connectivity index (χ3v) is 9.08. The van der Waals surface area contributed by atoms with E-state index in [9.17, 15) is 13.0 Å². The lowest BCUT2D eigenvalue weighted by atomic mass is 10.3. The molecule has 4 nitrogen and oxygen atoms in total. The summed E-state index contributed by atoms with van der Waals surface area (Å²) in [5, 5.41) is 0.975. The molecule has 0 aliphatic rings. The van der Waals surface area contributed by atoms with E-state index in [1.165, 1.54) is 0 Å². The highest BCUT2D eigenvalue weighted by Crippen LogP contribution is 2.44. The highest BCUT2D eigenvalue weighted by Gasteiger charge is 2.34. The van der Waals surface area contributed by atoms with Gasteiger partial charge in [-0.3, -0.25) is 0 Å². The number of hydrogen-bond donors (Lipinski definition) is 0. The first-order valence-corrected chi connectivity index (χ1v) is 11.1. The first-order valence-electron chi connectivity index (χ1n) is 7.67. The van der Waals surface area contributed by atoms with Gasteiger partial charge >= 0.3 is 10.1 Å². The van der Waals surface area contributed by atoms with Crippen molar-refractivity contribution >= 4 is 27.9 Å². The summed E-state index contributed by atoms with van der Waals surface area (Å²) in [5.41, 5.74) is -0.594. The van der Waals surface area contributed by atoms with E-state index in [0.29, 0.717) is 10.6 Å². The van der Waals surface area contributed by atoms with Crippen LogP contribution in [0.1, 0.15) is 0 Å². The summed E-state index contributed by atoms with van der Waals surface area (Å²) in [6.45, 7) is 0. The first-order chi connectivity index (χ1) is 12.0. The van der Waals surface area contributed by atoms with Crippen LogP contribution >= 0.6 is 7.14 Å². The average Bonchev–Trinajstić information content (AvgIpc) is 2.63. The van der Waals surface area contributed by atoms with Crippen LogP contribution in [0, 0.1) is 0 Å². The Morgan fingerprint density at radius 1 is 0.680 bits per heavy atom. The summed E-state index contributed by atoms with van der Waals surface area (Å²) in [4.78, 5) is 0. The fourth-order valence-corrected chi connectivity index (χ4v) is 7.70. The molecule has 0 saturated heterocycles. The van der Waals surface area contributed by atoms with Crippen molar-refractivity contribution in [3.8, 4) is 5.75 Å². The summed E-state index contributed by atoms with van der Waals surface area (Å²) >= 11 is 0. The maximum absolute atomic E-state index is 13.8. The van der Waals surface area contributed by atoms with E-state index in [0.717, 1.165) is 0 Å². The predicted octanol–water partition coefficient (Wildman–Crippen LogP) is 3.37.